The van der Waals surface area contributed by atoms with Crippen molar-refractivity contribution in [1.82, 2.24) is 0 Å². The van der Waals surface area contributed by atoms with Crippen LogP contribution in [-0.4, -0.2) is 0 Å². The second kappa shape index (κ2) is 6.87. The van der Waals surface area contributed by atoms with E-state index in [1.807, 2.05) is 0 Å². The Hall–Kier alpha value is -0.510. The molecule has 0 saturated heterocycles. The molecule has 1 atom stereocenters. The molecule has 1 fully saturated rings. The van der Waals surface area contributed by atoms with Gasteiger partial charge >= 0.3 is 0 Å². The number of hydrogen-bond acceptors (Lipinski definition) is 1. The summed E-state index contributed by atoms with van der Waals surface area (Å²) in [5, 5.41) is 8.48. The predicted octanol–water partition coefficient (Wildman–Crippen LogP) is 4.29. The topological polar surface area (TPSA) is 23.8 Å². The number of rotatable bonds is 5. The third kappa shape index (κ3) is 4.65. The number of nitrogens with zero attached hydrogens (tertiary/aromatic N) is 1. The summed E-state index contributed by atoms with van der Waals surface area (Å²) in [7, 11) is 0. The number of hydrogen-bond donors (Lipinski definition) is 0. The van der Waals surface area contributed by atoms with Crippen LogP contribution in [0.3, 0.4) is 0 Å². The summed E-state index contributed by atoms with van der Waals surface area (Å²) in [6, 6.07) is 2.24. The molecule has 1 unspecified atom stereocenters. The molecule has 0 spiro atoms. The van der Waals surface area contributed by atoms with E-state index in [0.29, 0.717) is 0 Å². The molecule has 0 aromatic rings. The van der Waals surface area contributed by atoms with Crippen LogP contribution in [0, 0.1) is 23.2 Å². The third-order valence-electron chi connectivity index (χ3n) is 3.54. The van der Waals surface area contributed by atoms with Crippen molar-refractivity contribution >= 4 is 0 Å². The Morgan fingerprint density at radius 1 is 1.21 bits per heavy atom. The van der Waals surface area contributed by atoms with Crippen LogP contribution in [-0.2, 0) is 0 Å². The van der Waals surface area contributed by atoms with Crippen molar-refractivity contribution < 1.29 is 0 Å². The van der Waals surface area contributed by atoms with Gasteiger partial charge in [-0.25, -0.2) is 0 Å². The van der Waals surface area contributed by atoms with Gasteiger partial charge in [0, 0.05) is 6.42 Å². The first-order chi connectivity index (χ1) is 6.83. The second-order valence-electron chi connectivity index (χ2n) is 4.88. The summed E-state index contributed by atoms with van der Waals surface area (Å²) in [6.45, 7) is 2.29. The van der Waals surface area contributed by atoms with Crippen molar-refractivity contribution in [3.8, 4) is 6.07 Å². The largest absolute Gasteiger partial charge is 0.198 e. The van der Waals surface area contributed by atoms with Gasteiger partial charge in [0.1, 0.15) is 0 Å². The van der Waals surface area contributed by atoms with Gasteiger partial charge in [-0.05, 0) is 18.3 Å². The van der Waals surface area contributed by atoms with Crippen LogP contribution in [0.5, 0.6) is 0 Å². The van der Waals surface area contributed by atoms with Crippen molar-refractivity contribution in [2.45, 2.75) is 64.7 Å². The lowest BCUT2D eigenvalue weighted by Gasteiger charge is -2.22. The van der Waals surface area contributed by atoms with Gasteiger partial charge in [0.2, 0.25) is 0 Å². The van der Waals surface area contributed by atoms with Gasteiger partial charge in [-0.1, -0.05) is 51.9 Å². The standard InChI is InChI=1S/C13H23N/c1-12(6-5-11-14)9-10-13-7-3-2-4-8-13/h12-13H,2-10H2,1H3. The molecule has 1 nitrogen and oxygen atoms in total. The SMILES string of the molecule is CC(CCC#N)CCC1CCCCC1. The Kier molecular flexibility index (Phi) is 5.68. The van der Waals surface area contributed by atoms with Gasteiger partial charge in [0.05, 0.1) is 6.07 Å². The Balaban J connectivity index is 2.03. The molecule has 0 radical (unpaired) electrons. The zero-order valence-electron chi connectivity index (χ0n) is 9.47. The molecule has 80 valence electrons. The maximum absolute atomic E-state index is 8.48. The van der Waals surface area contributed by atoms with Crippen LogP contribution in [0.2, 0.25) is 0 Å². The van der Waals surface area contributed by atoms with E-state index in [1.54, 1.807) is 0 Å². The normalized spacial score (nSPS) is 20.3. The fourth-order valence-electron chi connectivity index (χ4n) is 2.45. The molecule has 1 rings (SSSR count). The van der Waals surface area contributed by atoms with Crippen LogP contribution < -0.4 is 0 Å². The molecule has 1 heteroatoms. The molecule has 0 aromatic heterocycles. The Bertz CT molecular complexity index is 174. The molecular weight excluding hydrogens is 170 g/mol. The zero-order chi connectivity index (χ0) is 10.2. The van der Waals surface area contributed by atoms with E-state index in [2.05, 4.69) is 13.0 Å². The third-order valence-corrected chi connectivity index (χ3v) is 3.54. The summed E-state index contributed by atoms with van der Waals surface area (Å²) in [5.41, 5.74) is 0. The minimum atomic E-state index is 0.742. The molecule has 0 aromatic carbocycles. The van der Waals surface area contributed by atoms with Crippen LogP contribution >= 0.6 is 0 Å². The molecular formula is C13H23N. The fraction of sp³-hybridized carbons (Fsp3) is 0.923. The summed E-state index contributed by atoms with van der Waals surface area (Å²) in [5.74, 6) is 1.77. The van der Waals surface area contributed by atoms with Crippen molar-refractivity contribution in [3.63, 3.8) is 0 Å². The van der Waals surface area contributed by atoms with Crippen LogP contribution in [0.25, 0.3) is 0 Å². The van der Waals surface area contributed by atoms with E-state index < -0.39 is 0 Å². The molecule has 0 aliphatic heterocycles. The van der Waals surface area contributed by atoms with Crippen LogP contribution in [0.15, 0.2) is 0 Å². The summed E-state index contributed by atoms with van der Waals surface area (Å²) in [4.78, 5) is 0. The van der Waals surface area contributed by atoms with E-state index in [4.69, 9.17) is 5.26 Å². The highest BCUT2D eigenvalue weighted by atomic mass is 14.2. The van der Waals surface area contributed by atoms with Crippen molar-refractivity contribution in [1.29, 1.82) is 5.26 Å². The number of nitriles is 1. The maximum Gasteiger partial charge on any atom is 0.0621 e. The molecule has 1 aliphatic carbocycles. The summed E-state index contributed by atoms with van der Waals surface area (Å²) in [6.07, 6.45) is 11.9. The quantitative estimate of drug-likeness (QED) is 0.639. The highest BCUT2D eigenvalue weighted by Crippen LogP contribution is 2.29. The molecule has 0 N–H and O–H groups in total. The highest BCUT2D eigenvalue weighted by molar-refractivity contribution is 4.72. The van der Waals surface area contributed by atoms with Gasteiger partial charge in [-0.15, -0.1) is 0 Å². The van der Waals surface area contributed by atoms with Gasteiger partial charge in [-0.3, -0.25) is 0 Å². The molecule has 14 heavy (non-hydrogen) atoms. The first-order valence-corrected chi connectivity index (χ1v) is 6.20. The van der Waals surface area contributed by atoms with Crippen molar-refractivity contribution in [2.75, 3.05) is 0 Å². The Morgan fingerprint density at radius 2 is 1.93 bits per heavy atom. The maximum atomic E-state index is 8.48. The summed E-state index contributed by atoms with van der Waals surface area (Å²) < 4.78 is 0. The highest BCUT2D eigenvalue weighted by Gasteiger charge is 2.14. The second-order valence-corrected chi connectivity index (χ2v) is 4.88. The first kappa shape index (κ1) is 11.6. The first-order valence-electron chi connectivity index (χ1n) is 6.20. The zero-order valence-corrected chi connectivity index (χ0v) is 9.47. The van der Waals surface area contributed by atoms with Crippen molar-refractivity contribution in [3.05, 3.63) is 0 Å². The average molecular weight is 193 g/mol. The van der Waals surface area contributed by atoms with E-state index in [9.17, 15) is 0 Å². The van der Waals surface area contributed by atoms with Crippen LogP contribution in [0.4, 0.5) is 0 Å². The molecule has 1 saturated carbocycles. The van der Waals surface area contributed by atoms with E-state index in [0.717, 1.165) is 24.7 Å². The minimum absolute atomic E-state index is 0.742. The lowest BCUT2D eigenvalue weighted by molar-refractivity contribution is 0.309. The lowest BCUT2D eigenvalue weighted by atomic mass is 9.84. The molecule has 1 aliphatic rings. The Morgan fingerprint density at radius 3 is 2.57 bits per heavy atom. The molecule has 0 bridgehead atoms. The van der Waals surface area contributed by atoms with Gasteiger partial charge < -0.3 is 0 Å². The minimum Gasteiger partial charge on any atom is -0.198 e. The monoisotopic (exact) mass is 193 g/mol. The molecule has 0 heterocycles. The van der Waals surface area contributed by atoms with Gasteiger partial charge in [-0.2, -0.15) is 5.26 Å². The smallest absolute Gasteiger partial charge is 0.0621 e. The van der Waals surface area contributed by atoms with E-state index >= 15 is 0 Å². The average Bonchev–Trinajstić information content (AvgIpc) is 2.25. The fourth-order valence-corrected chi connectivity index (χ4v) is 2.45. The van der Waals surface area contributed by atoms with Crippen LogP contribution in [0.1, 0.15) is 64.7 Å². The molecule has 0 amide bonds. The van der Waals surface area contributed by atoms with E-state index in [-0.39, 0.29) is 0 Å². The van der Waals surface area contributed by atoms with Gasteiger partial charge in [0.15, 0.2) is 0 Å². The van der Waals surface area contributed by atoms with Crippen molar-refractivity contribution in [2.24, 2.45) is 11.8 Å². The predicted molar refractivity (Wildman–Crippen MR) is 59.8 cm³/mol. The van der Waals surface area contributed by atoms with Gasteiger partial charge in [0.25, 0.3) is 0 Å². The van der Waals surface area contributed by atoms with E-state index in [1.165, 1.54) is 44.9 Å². The lowest BCUT2D eigenvalue weighted by Crippen LogP contribution is -2.08. The Labute approximate surface area is 88.5 Å². The summed E-state index contributed by atoms with van der Waals surface area (Å²) >= 11 is 0.